The van der Waals surface area contributed by atoms with E-state index in [0.29, 0.717) is 31.2 Å². The van der Waals surface area contributed by atoms with Gasteiger partial charge in [0.25, 0.3) is 0 Å². The zero-order chi connectivity index (χ0) is 19.5. The van der Waals surface area contributed by atoms with Gasteiger partial charge in [0, 0.05) is 36.5 Å². The topological polar surface area (TPSA) is 59.2 Å². The van der Waals surface area contributed by atoms with Gasteiger partial charge in [-0.2, -0.15) is 16.3 Å². The van der Waals surface area contributed by atoms with Crippen molar-refractivity contribution in [3.05, 3.63) is 58.1 Å². The molecule has 0 unspecified atom stereocenters. The van der Waals surface area contributed by atoms with Crippen LogP contribution in [-0.4, -0.2) is 34.0 Å². The molecule has 3 heterocycles. The maximum Gasteiger partial charge on any atom is 0.227 e. The van der Waals surface area contributed by atoms with Crippen LogP contribution >= 0.6 is 11.3 Å². The fraction of sp³-hybridized carbons (Fsp3) is 0.350. The van der Waals surface area contributed by atoms with Crippen molar-refractivity contribution in [3.63, 3.8) is 0 Å². The van der Waals surface area contributed by atoms with E-state index >= 15 is 0 Å². The molecule has 5 nitrogen and oxygen atoms in total. The van der Waals surface area contributed by atoms with Gasteiger partial charge in [0.05, 0.1) is 6.42 Å². The van der Waals surface area contributed by atoms with E-state index in [4.69, 9.17) is 4.52 Å². The van der Waals surface area contributed by atoms with Crippen molar-refractivity contribution < 1.29 is 18.1 Å². The molecule has 1 saturated heterocycles. The van der Waals surface area contributed by atoms with Crippen LogP contribution in [0.2, 0.25) is 0 Å². The number of piperidine rings is 1. The molecule has 0 bridgehead atoms. The van der Waals surface area contributed by atoms with E-state index in [0.717, 1.165) is 24.5 Å². The van der Waals surface area contributed by atoms with E-state index in [2.05, 4.69) is 10.1 Å². The average Bonchev–Trinajstić information content (AvgIpc) is 3.36. The minimum Gasteiger partial charge on any atom is -0.342 e. The van der Waals surface area contributed by atoms with Gasteiger partial charge in [0.15, 0.2) is 0 Å². The molecule has 8 heteroatoms. The number of hydrogen-bond acceptors (Lipinski definition) is 5. The zero-order valence-electron chi connectivity index (χ0n) is 15.1. The summed E-state index contributed by atoms with van der Waals surface area (Å²) in [6.45, 7) is 1.21. The molecule has 1 atom stereocenters. The molecule has 1 aliphatic rings. The van der Waals surface area contributed by atoms with Crippen molar-refractivity contribution in [1.29, 1.82) is 0 Å². The Morgan fingerprint density at radius 1 is 1.32 bits per heavy atom. The van der Waals surface area contributed by atoms with Crippen LogP contribution in [0.4, 0.5) is 8.78 Å². The van der Waals surface area contributed by atoms with Gasteiger partial charge >= 0.3 is 0 Å². The molecule has 28 heavy (non-hydrogen) atoms. The van der Waals surface area contributed by atoms with Crippen molar-refractivity contribution >= 4 is 17.2 Å². The highest BCUT2D eigenvalue weighted by molar-refractivity contribution is 7.08. The largest absolute Gasteiger partial charge is 0.342 e. The molecule has 1 aliphatic heterocycles. The molecular formula is C20H19F2N3O2S. The first-order valence-electron chi connectivity index (χ1n) is 9.15. The number of carbonyl (C=O) groups is 1. The van der Waals surface area contributed by atoms with Crippen molar-refractivity contribution in [2.75, 3.05) is 13.1 Å². The maximum atomic E-state index is 13.8. The molecule has 0 radical (unpaired) electrons. The number of benzene rings is 1. The van der Waals surface area contributed by atoms with E-state index in [1.807, 2.05) is 16.8 Å². The van der Waals surface area contributed by atoms with Gasteiger partial charge in [0.1, 0.15) is 11.6 Å². The lowest BCUT2D eigenvalue weighted by Crippen LogP contribution is -2.41. The Hall–Kier alpha value is -2.61. The van der Waals surface area contributed by atoms with Crippen LogP contribution in [0.3, 0.4) is 0 Å². The first-order valence-corrected chi connectivity index (χ1v) is 10.1. The van der Waals surface area contributed by atoms with Crippen LogP contribution in [0.5, 0.6) is 0 Å². The summed E-state index contributed by atoms with van der Waals surface area (Å²) < 4.78 is 32.2. The predicted molar refractivity (Wildman–Crippen MR) is 101 cm³/mol. The summed E-state index contributed by atoms with van der Waals surface area (Å²) in [4.78, 5) is 18.8. The van der Waals surface area contributed by atoms with Gasteiger partial charge in [-0.05, 0) is 41.8 Å². The molecular weight excluding hydrogens is 384 g/mol. The third-order valence-corrected chi connectivity index (χ3v) is 5.62. The highest BCUT2D eigenvalue weighted by Crippen LogP contribution is 2.24. The summed E-state index contributed by atoms with van der Waals surface area (Å²) in [5.74, 6) is -0.134. The third kappa shape index (κ3) is 4.27. The second-order valence-electron chi connectivity index (χ2n) is 6.99. The van der Waals surface area contributed by atoms with Crippen molar-refractivity contribution in [2.45, 2.75) is 25.7 Å². The van der Waals surface area contributed by atoms with E-state index in [9.17, 15) is 13.6 Å². The standard InChI is InChI=1S/C20H19F2N3O2S/c21-16-4-3-14(17(22)10-16)9-19(26)25-6-1-2-13(11-25)8-18-23-20(24-27-18)15-5-7-28-12-15/h3-5,7,10,12-13H,1-2,6,8-9,11H2/t13-/m0/s1. The Morgan fingerprint density at radius 2 is 2.21 bits per heavy atom. The van der Waals surface area contributed by atoms with Crippen molar-refractivity contribution in [1.82, 2.24) is 15.0 Å². The fourth-order valence-corrected chi connectivity index (χ4v) is 4.13. The van der Waals surface area contributed by atoms with Crippen molar-refractivity contribution in [2.24, 2.45) is 5.92 Å². The smallest absolute Gasteiger partial charge is 0.227 e. The number of thiophene rings is 1. The molecule has 0 N–H and O–H groups in total. The highest BCUT2D eigenvalue weighted by Gasteiger charge is 2.26. The lowest BCUT2D eigenvalue weighted by atomic mass is 9.94. The number of rotatable bonds is 5. The van der Waals surface area contributed by atoms with Gasteiger partial charge < -0.3 is 9.42 Å². The second kappa shape index (κ2) is 8.18. The van der Waals surface area contributed by atoms with Crippen LogP contribution in [0, 0.1) is 17.6 Å². The Bertz CT molecular complexity index is 958. The summed E-state index contributed by atoms with van der Waals surface area (Å²) in [7, 11) is 0. The van der Waals surface area contributed by atoms with Gasteiger partial charge in [-0.1, -0.05) is 11.2 Å². The number of carbonyl (C=O) groups excluding carboxylic acids is 1. The number of amides is 1. The molecule has 2 aromatic heterocycles. The maximum absolute atomic E-state index is 13.8. The van der Waals surface area contributed by atoms with Crippen LogP contribution in [0.15, 0.2) is 39.5 Å². The molecule has 4 rings (SSSR count). The lowest BCUT2D eigenvalue weighted by Gasteiger charge is -2.32. The Morgan fingerprint density at radius 3 is 3.00 bits per heavy atom. The van der Waals surface area contributed by atoms with Gasteiger partial charge in [-0.25, -0.2) is 8.78 Å². The molecule has 1 amide bonds. The van der Waals surface area contributed by atoms with Gasteiger partial charge in [-0.3, -0.25) is 4.79 Å². The minimum absolute atomic E-state index is 0.0678. The molecule has 0 spiro atoms. The first kappa shape index (κ1) is 18.7. The number of nitrogens with zero attached hydrogens (tertiary/aromatic N) is 3. The van der Waals surface area contributed by atoms with Crippen LogP contribution in [0.25, 0.3) is 11.4 Å². The SMILES string of the molecule is O=C(Cc1ccc(F)cc1F)N1CCC[C@@H](Cc2nc(-c3ccsc3)no2)C1. The zero-order valence-corrected chi connectivity index (χ0v) is 15.9. The summed E-state index contributed by atoms with van der Waals surface area (Å²) in [5.41, 5.74) is 1.15. The number of likely N-dealkylation sites (tertiary alicyclic amines) is 1. The van der Waals surface area contributed by atoms with E-state index in [1.54, 1.807) is 16.2 Å². The van der Waals surface area contributed by atoms with E-state index < -0.39 is 11.6 Å². The number of aromatic nitrogens is 2. The molecule has 146 valence electrons. The van der Waals surface area contributed by atoms with Crippen LogP contribution in [-0.2, 0) is 17.6 Å². The summed E-state index contributed by atoms with van der Waals surface area (Å²) >= 11 is 1.57. The third-order valence-electron chi connectivity index (χ3n) is 4.94. The number of halogens is 2. The van der Waals surface area contributed by atoms with E-state index in [-0.39, 0.29) is 23.8 Å². The molecule has 1 aromatic carbocycles. The summed E-state index contributed by atoms with van der Waals surface area (Å²) in [6.07, 6.45) is 2.37. The van der Waals surface area contributed by atoms with Crippen LogP contribution < -0.4 is 0 Å². The molecule has 3 aromatic rings. The van der Waals surface area contributed by atoms with E-state index in [1.165, 1.54) is 12.1 Å². The molecule has 1 fully saturated rings. The fourth-order valence-electron chi connectivity index (χ4n) is 3.49. The predicted octanol–water partition coefficient (Wildman–Crippen LogP) is 4.10. The number of hydrogen-bond donors (Lipinski definition) is 0. The normalized spacial score (nSPS) is 17.1. The molecule has 0 saturated carbocycles. The minimum atomic E-state index is -0.686. The van der Waals surface area contributed by atoms with Gasteiger partial charge in [0.2, 0.25) is 17.6 Å². The Labute approximate surface area is 165 Å². The van der Waals surface area contributed by atoms with Gasteiger partial charge in [-0.15, -0.1) is 0 Å². The quantitative estimate of drug-likeness (QED) is 0.644. The van der Waals surface area contributed by atoms with Crippen molar-refractivity contribution in [3.8, 4) is 11.4 Å². The second-order valence-corrected chi connectivity index (χ2v) is 7.77. The monoisotopic (exact) mass is 403 g/mol. The average molecular weight is 403 g/mol. The summed E-state index contributed by atoms with van der Waals surface area (Å²) in [6, 6.07) is 5.25. The lowest BCUT2D eigenvalue weighted by molar-refractivity contribution is -0.132. The van der Waals surface area contributed by atoms with Crippen LogP contribution in [0.1, 0.15) is 24.3 Å². The molecule has 0 aliphatic carbocycles. The highest BCUT2D eigenvalue weighted by atomic mass is 32.1. The Kier molecular flexibility index (Phi) is 5.47. The summed E-state index contributed by atoms with van der Waals surface area (Å²) in [5, 5.41) is 7.94. The first-order chi connectivity index (χ1) is 13.6. The Balaban J connectivity index is 1.37.